The first kappa shape index (κ1) is 30.4. The number of alkyl halides is 1. The van der Waals surface area contributed by atoms with E-state index in [4.69, 9.17) is 11.6 Å². The van der Waals surface area contributed by atoms with Crippen LogP contribution in [0.2, 0.25) is 5.15 Å². The van der Waals surface area contributed by atoms with Crippen LogP contribution >= 0.6 is 38.9 Å². The van der Waals surface area contributed by atoms with Crippen molar-refractivity contribution in [1.82, 2.24) is 13.7 Å². The van der Waals surface area contributed by atoms with Crippen LogP contribution in [-0.4, -0.2) is 47.5 Å². The summed E-state index contributed by atoms with van der Waals surface area (Å²) >= 11 is 11.9. The van der Waals surface area contributed by atoms with Crippen LogP contribution in [0.25, 0.3) is 15.7 Å². The molecule has 0 saturated heterocycles. The number of benzene rings is 3. The van der Waals surface area contributed by atoms with E-state index in [2.05, 4.69) is 107 Å². The molecule has 41 heavy (non-hydrogen) atoms. The summed E-state index contributed by atoms with van der Waals surface area (Å²) in [5.74, 6) is 0. The Kier molecular flexibility index (Phi) is 10.00. The van der Waals surface area contributed by atoms with Gasteiger partial charge in [-0.15, -0.1) is 11.3 Å². The van der Waals surface area contributed by atoms with Gasteiger partial charge in [0.15, 0.2) is 15.1 Å². The number of quaternary nitrogens is 1. The predicted octanol–water partition coefficient (Wildman–Crippen LogP) is 8.51. The van der Waals surface area contributed by atoms with Gasteiger partial charge in [-0.25, -0.2) is 13.5 Å². The van der Waals surface area contributed by atoms with Crippen molar-refractivity contribution in [1.29, 1.82) is 0 Å². The Hall–Kier alpha value is -2.07. The molecule has 0 N–H and O–H groups in total. The largest absolute Gasteiger partial charge is 0.311 e. The first-order valence-corrected chi connectivity index (χ1v) is 17.5. The maximum atomic E-state index is 14.1. The molecule has 0 radical (unpaired) electrons. The topological polar surface area (TPSA) is 37.6 Å². The number of aryl methyl sites for hydroxylation is 2. The third-order valence-corrected chi connectivity index (χ3v) is 11.5. The van der Waals surface area contributed by atoms with Gasteiger partial charge in [0.05, 0.1) is 13.1 Å². The van der Waals surface area contributed by atoms with Crippen LogP contribution in [0.5, 0.6) is 0 Å². The Morgan fingerprint density at radius 2 is 1.78 bits per heavy atom. The second kappa shape index (κ2) is 13.5. The molecule has 2 aromatic heterocycles. The zero-order chi connectivity index (χ0) is 29.0. The molecule has 5 aromatic rings. The minimum atomic E-state index is -1.46. The van der Waals surface area contributed by atoms with Crippen molar-refractivity contribution in [3.8, 4) is 0 Å². The molecule has 9 heteroatoms. The molecular weight excluding hydrogens is 636 g/mol. The minimum absolute atomic E-state index is 0.313. The summed E-state index contributed by atoms with van der Waals surface area (Å²) in [5.41, 5.74) is 6.05. The lowest BCUT2D eigenvalue weighted by Crippen LogP contribution is -2.46. The number of nitrogens with zero attached hydrogens (tertiary/aromatic N) is 4. The average molecular weight is 673 g/mol. The molecule has 0 bridgehead atoms. The molecule has 0 aliphatic rings. The van der Waals surface area contributed by atoms with Crippen LogP contribution in [-0.2, 0) is 24.1 Å². The van der Waals surface area contributed by atoms with Gasteiger partial charge in [0.2, 0.25) is 0 Å². The van der Waals surface area contributed by atoms with Gasteiger partial charge in [0.25, 0.3) is 0 Å². The zero-order valence-corrected chi connectivity index (χ0v) is 27.8. The maximum absolute atomic E-state index is 14.1. The lowest BCUT2D eigenvalue weighted by Gasteiger charge is -2.36. The van der Waals surface area contributed by atoms with Crippen LogP contribution in [0.4, 0.5) is 0 Å². The number of fused-ring (bicyclic) bond motifs is 2. The van der Waals surface area contributed by atoms with Crippen molar-refractivity contribution < 1.29 is 8.69 Å². The molecule has 5 rings (SSSR count). The van der Waals surface area contributed by atoms with E-state index in [0.29, 0.717) is 23.3 Å². The first-order valence-electron chi connectivity index (χ1n) is 14.0. The van der Waals surface area contributed by atoms with Crippen LogP contribution in [0.15, 0.2) is 77.3 Å². The number of imidazole rings is 1. The van der Waals surface area contributed by atoms with E-state index < -0.39 is 11.0 Å². The fourth-order valence-corrected chi connectivity index (χ4v) is 8.88. The predicted molar refractivity (Wildman–Crippen MR) is 177 cm³/mol. The fraction of sp³-hybridized carbons (Fsp3) is 0.344. The molecule has 0 aliphatic heterocycles. The third-order valence-electron chi connectivity index (χ3n) is 7.77. The van der Waals surface area contributed by atoms with Crippen molar-refractivity contribution in [2.75, 3.05) is 25.1 Å². The van der Waals surface area contributed by atoms with Gasteiger partial charge in [-0.1, -0.05) is 77.3 Å². The molecule has 216 valence electrons. The standard InChI is InChI=1S/C32H37BrClN4OS2/c1-4-38(23-33,22-27-18-24(2)17-25(3)19-27)15-8-7-13-36(21-26-11-12-28-9-5-6-10-29(28)20-26)41(39)31-30(34)35-32-37(31)14-16-40-32/h5-6,9-12,14,16-20H,4,7-8,13,15,21-23H2,1-3H3/q+1. The Labute approximate surface area is 263 Å². The van der Waals surface area contributed by atoms with E-state index in [1.54, 1.807) is 0 Å². The van der Waals surface area contributed by atoms with Crippen molar-refractivity contribution in [3.05, 3.63) is 99.6 Å². The van der Waals surface area contributed by atoms with E-state index in [1.807, 2.05) is 16.0 Å². The summed E-state index contributed by atoms with van der Waals surface area (Å²) in [4.78, 5) is 5.21. The number of aromatic nitrogens is 2. The number of thiazole rings is 1. The highest BCUT2D eigenvalue weighted by atomic mass is 79.9. The Balaban J connectivity index is 1.33. The monoisotopic (exact) mass is 671 g/mol. The Bertz CT molecular complexity index is 1640. The Morgan fingerprint density at radius 1 is 1.02 bits per heavy atom. The van der Waals surface area contributed by atoms with E-state index in [9.17, 15) is 4.21 Å². The Morgan fingerprint density at radius 3 is 2.51 bits per heavy atom. The van der Waals surface area contributed by atoms with Gasteiger partial charge in [-0.3, -0.25) is 4.40 Å². The number of hydrogen-bond acceptors (Lipinski definition) is 3. The van der Waals surface area contributed by atoms with Crippen LogP contribution in [0, 0.1) is 13.8 Å². The molecule has 0 fully saturated rings. The van der Waals surface area contributed by atoms with E-state index in [0.717, 1.165) is 52.9 Å². The van der Waals surface area contributed by atoms with Crippen LogP contribution < -0.4 is 0 Å². The smallest absolute Gasteiger partial charge is 0.196 e. The molecule has 0 saturated carbocycles. The zero-order valence-electron chi connectivity index (χ0n) is 23.9. The highest BCUT2D eigenvalue weighted by Crippen LogP contribution is 2.28. The second-order valence-corrected chi connectivity index (χ2v) is 14.1. The average Bonchev–Trinajstić information content (AvgIpc) is 3.53. The highest BCUT2D eigenvalue weighted by molar-refractivity contribution is 9.09. The molecule has 3 aromatic carbocycles. The molecular formula is C32H37BrClN4OS2+. The molecule has 0 aliphatic carbocycles. The summed E-state index contributed by atoms with van der Waals surface area (Å²) in [5, 5.41) is 5.21. The van der Waals surface area contributed by atoms with Crippen molar-refractivity contribution in [2.24, 2.45) is 0 Å². The molecule has 5 nitrogen and oxygen atoms in total. The number of unbranched alkanes of at least 4 members (excludes halogenated alkanes) is 1. The molecule has 2 heterocycles. The summed E-state index contributed by atoms with van der Waals surface area (Å²) in [6.07, 6.45) is 3.86. The maximum Gasteiger partial charge on any atom is 0.196 e. The summed E-state index contributed by atoms with van der Waals surface area (Å²) in [6, 6.07) is 21.7. The lowest BCUT2D eigenvalue weighted by molar-refractivity contribution is -0.926. The summed E-state index contributed by atoms with van der Waals surface area (Å²) < 4.78 is 19.0. The normalized spacial score (nSPS) is 14.2. The second-order valence-electron chi connectivity index (χ2n) is 10.9. The van der Waals surface area contributed by atoms with E-state index in [-0.39, 0.29) is 0 Å². The van der Waals surface area contributed by atoms with Crippen molar-refractivity contribution >= 4 is 65.6 Å². The van der Waals surface area contributed by atoms with Crippen molar-refractivity contribution in [3.63, 3.8) is 0 Å². The summed E-state index contributed by atoms with van der Waals surface area (Å²) in [6.45, 7) is 11.0. The number of hydrogen-bond donors (Lipinski definition) is 0. The summed E-state index contributed by atoms with van der Waals surface area (Å²) in [7, 11) is -1.46. The van der Waals surface area contributed by atoms with Gasteiger partial charge in [-0.05, 0) is 71.9 Å². The van der Waals surface area contributed by atoms with E-state index >= 15 is 0 Å². The van der Waals surface area contributed by atoms with E-state index in [1.165, 1.54) is 38.8 Å². The molecule has 0 amide bonds. The number of halogens is 2. The quantitative estimate of drug-likeness (QED) is 0.0545. The van der Waals surface area contributed by atoms with Gasteiger partial charge in [-0.2, -0.15) is 0 Å². The van der Waals surface area contributed by atoms with Crippen molar-refractivity contribution in [2.45, 2.75) is 51.7 Å². The highest BCUT2D eigenvalue weighted by Gasteiger charge is 2.27. The van der Waals surface area contributed by atoms with Crippen LogP contribution in [0.3, 0.4) is 0 Å². The van der Waals surface area contributed by atoms with Gasteiger partial charge < -0.3 is 4.48 Å². The number of rotatable bonds is 13. The molecule has 2 atom stereocenters. The van der Waals surface area contributed by atoms with Gasteiger partial charge in [0.1, 0.15) is 23.0 Å². The third kappa shape index (κ3) is 7.12. The SMILES string of the molecule is CC[N+](CBr)(CCCCN(Cc1ccc2ccccc2c1)S(=O)c1c(Cl)nc2sccn12)Cc1cc(C)cc(C)c1. The fourth-order valence-electron chi connectivity index (χ4n) is 5.60. The molecule has 0 spiro atoms. The first-order chi connectivity index (χ1) is 19.8. The van der Waals surface area contributed by atoms with Crippen LogP contribution in [0.1, 0.15) is 42.0 Å². The lowest BCUT2D eigenvalue weighted by atomic mass is 10.1. The minimum Gasteiger partial charge on any atom is -0.311 e. The van der Waals surface area contributed by atoms with Gasteiger partial charge >= 0.3 is 0 Å². The molecule has 2 unspecified atom stereocenters. The van der Waals surface area contributed by atoms with Gasteiger partial charge in [0, 0.05) is 30.2 Å².